The van der Waals surface area contributed by atoms with Crippen LogP contribution in [0.5, 0.6) is 0 Å². The second kappa shape index (κ2) is 6.74. The fourth-order valence-corrected chi connectivity index (χ4v) is 2.79. The molecule has 0 radical (unpaired) electrons. The molecule has 0 spiro atoms. The number of halogens is 1. The third-order valence-electron chi connectivity index (χ3n) is 4.08. The average Bonchev–Trinajstić information content (AvgIpc) is 3.18. The summed E-state index contributed by atoms with van der Waals surface area (Å²) in [5, 5.41) is 5.49. The molecule has 2 N–H and O–H groups in total. The molecule has 1 atom stereocenters. The van der Waals surface area contributed by atoms with Crippen LogP contribution in [0.1, 0.15) is 16.9 Å². The molecule has 126 valence electrons. The van der Waals surface area contributed by atoms with Gasteiger partial charge in [0, 0.05) is 38.1 Å². The number of carbonyl (C=O) groups is 2. The van der Waals surface area contributed by atoms with E-state index in [2.05, 4.69) is 10.6 Å². The van der Waals surface area contributed by atoms with Crippen molar-refractivity contribution in [3.8, 4) is 0 Å². The van der Waals surface area contributed by atoms with Crippen LogP contribution in [0, 0.1) is 5.82 Å². The van der Waals surface area contributed by atoms with E-state index in [-0.39, 0.29) is 23.8 Å². The first-order valence-corrected chi connectivity index (χ1v) is 7.76. The quantitative estimate of drug-likeness (QED) is 0.906. The molecule has 1 fully saturated rings. The molecule has 1 aliphatic rings. The van der Waals surface area contributed by atoms with Gasteiger partial charge in [-0.3, -0.25) is 4.79 Å². The molecule has 7 heteroatoms. The van der Waals surface area contributed by atoms with Crippen molar-refractivity contribution in [2.75, 3.05) is 18.4 Å². The smallest absolute Gasteiger partial charge is 0.319 e. The molecule has 1 aromatic carbocycles. The van der Waals surface area contributed by atoms with E-state index in [1.165, 1.54) is 24.3 Å². The fourth-order valence-electron chi connectivity index (χ4n) is 2.79. The molecule has 3 amide bonds. The number of rotatable bonds is 3. The number of anilines is 1. The van der Waals surface area contributed by atoms with Gasteiger partial charge in [-0.2, -0.15) is 0 Å². The summed E-state index contributed by atoms with van der Waals surface area (Å²) < 4.78 is 14.6. The highest BCUT2D eigenvalue weighted by Gasteiger charge is 2.28. The predicted molar refractivity (Wildman–Crippen MR) is 88.3 cm³/mol. The van der Waals surface area contributed by atoms with Crippen molar-refractivity contribution in [3.63, 3.8) is 0 Å². The van der Waals surface area contributed by atoms with Crippen molar-refractivity contribution in [1.29, 1.82) is 0 Å². The molecule has 1 aliphatic heterocycles. The molecule has 2 aromatic rings. The van der Waals surface area contributed by atoms with Crippen LogP contribution in [0.4, 0.5) is 14.9 Å². The van der Waals surface area contributed by atoms with Gasteiger partial charge in [0.15, 0.2) is 0 Å². The molecular formula is C17H19FN4O2. The Bertz CT molecular complexity index is 741. The van der Waals surface area contributed by atoms with Crippen LogP contribution in [0.3, 0.4) is 0 Å². The van der Waals surface area contributed by atoms with Crippen LogP contribution in [0.2, 0.25) is 0 Å². The zero-order valence-corrected chi connectivity index (χ0v) is 13.3. The largest absolute Gasteiger partial charge is 0.347 e. The minimum Gasteiger partial charge on any atom is -0.347 e. The summed E-state index contributed by atoms with van der Waals surface area (Å²) in [7, 11) is 1.83. The summed E-state index contributed by atoms with van der Waals surface area (Å²) in [6, 6.07) is 8.70. The van der Waals surface area contributed by atoms with E-state index in [1.807, 2.05) is 19.3 Å². The summed E-state index contributed by atoms with van der Waals surface area (Å²) in [4.78, 5) is 26.1. The lowest BCUT2D eigenvalue weighted by Gasteiger charge is -2.17. The number of amides is 3. The van der Waals surface area contributed by atoms with E-state index >= 15 is 0 Å². The maximum atomic E-state index is 12.8. The predicted octanol–water partition coefficient (Wildman–Crippen LogP) is 2.20. The van der Waals surface area contributed by atoms with Crippen LogP contribution in [-0.2, 0) is 7.05 Å². The summed E-state index contributed by atoms with van der Waals surface area (Å²) in [5.74, 6) is -0.391. The summed E-state index contributed by atoms with van der Waals surface area (Å²) >= 11 is 0. The van der Waals surface area contributed by atoms with Gasteiger partial charge >= 0.3 is 6.03 Å². The van der Waals surface area contributed by atoms with E-state index in [4.69, 9.17) is 0 Å². The number of nitrogens with zero attached hydrogens (tertiary/aromatic N) is 2. The molecule has 3 rings (SSSR count). The van der Waals surface area contributed by atoms with Gasteiger partial charge in [0.05, 0.1) is 0 Å². The van der Waals surface area contributed by atoms with E-state index < -0.39 is 0 Å². The number of carbonyl (C=O) groups excluding carboxylic acids is 2. The number of aromatic nitrogens is 1. The third kappa shape index (κ3) is 3.56. The van der Waals surface area contributed by atoms with Crippen LogP contribution >= 0.6 is 0 Å². The summed E-state index contributed by atoms with van der Waals surface area (Å²) in [6.45, 7) is 1.08. The van der Waals surface area contributed by atoms with Gasteiger partial charge in [-0.05, 0) is 42.8 Å². The lowest BCUT2D eigenvalue weighted by atomic mass is 10.2. The number of hydrogen-bond donors (Lipinski definition) is 2. The molecule has 2 heterocycles. The van der Waals surface area contributed by atoms with E-state index in [9.17, 15) is 14.0 Å². The van der Waals surface area contributed by atoms with Gasteiger partial charge in [-0.1, -0.05) is 0 Å². The van der Waals surface area contributed by atoms with Crippen molar-refractivity contribution < 1.29 is 14.0 Å². The molecule has 6 nitrogen and oxygen atoms in total. The van der Waals surface area contributed by atoms with E-state index in [1.54, 1.807) is 15.5 Å². The number of likely N-dealkylation sites (tertiary alicyclic amines) is 1. The Balaban J connectivity index is 1.52. The van der Waals surface area contributed by atoms with Gasteiger partial charge in [-0.25, -0.2) is 9.18 Å². The maximum Gasteiger partial charge on any atom is 0.319 e. The van der Waals surface area contributed by atoms with Crippen LogP contribution in [-0.4, -0.2) is 40.5 Å². The Kier molecular flexibility index (Phi) is 4.50. The van der Waals surface area contributed by atoms with Crippen LogP contribution in [0.25, 0.3) is 0 Å². The molecular weight excluding hydrogens is 311 g/mol. The Morgan fingerprint density at radius 1 is 1.21 bits per heavy atom. The molecule has 0 unspecified atom stereocenters. The molecule has 1 aromatic heterocycles. The molecule has 24 heavy (non-hydrogen) atoms. The van der Waals surface area contributed by atoms with Gasteiger partial charge in [0.25, 0.3) is 5.91 Å². The molecule has 1 saturated heterocycles. The number of urea groups is 1. The highest BCUT2D eigenvalue weighted by molar-refractivity contribution is 5.93. The summed E-state index contributed by atoms with van der Waals surface area (Å²) in [5.41, 5.74) is 1.15. The molecule has 0 aliphatic carbocycles. The Morgan fingerprint density at radius 2 is 1.96 bits per heavy atom. The van der Waals surface area contributed by atoms with Crippen LogP contribution < -0.4 is 10.6 Å². The maximum absolute atomic E-state index is 12.8. The zero-order valence-electron chi connectivity index (χ0n) is 13.3. The summed E-state index contributed by atoms with van der Waals surface area (Å²) in [6.07, 6.45) is 2.53. The minimum atomic E-state index is -0.361. The van der Waals surface area contributed by atoms with Gasteiger partial charge in [-0.15, -0.1) is 0 Å². The monoisotopic (exact) mass is 330 g/mol. The number of nitrogens with one attached hydrogen (secondary N) is 2. The van der Waals surface area contributed by atoms with E-state index in [0.29, 0.717) is 30.9 Å². The first-order valence-electron chi connectivity index (χ1n) is 7.76. The SMILES string of the molecule is Cn1cccc1C(=O)N1CC[C@@H](NC(=O)Nc2ccc(F)cc2)C1. The normalized spacial score (nSPS) is 16.9. The van der Waals surface area contributed by atoms with Crippen molar-refractivity contribution in [3.05, 3.63) is 54.1 Å². The number of aryl methyl sites for hydroxylation is 1. The van der Waals surface area contributed by atoms with Crippen molar-refractivity contribution >= 4 is 17.6 Å². The number of hydrogen-bond acceptors (Lipinski definition) is 2. The zero-order chi connectivity index (χ0) is 17.1. The third-order valence-corrected chi connectivity index (χ3v) is 4.08. The van der Waals surface area contributed by atoms with Crippen LogP contribution in [0.15, 0.2) is 42.6 Å². The average molecular weight is 330 g/mol. The fraction of sp³-hybridized carbons (Fsp3) is 0.294. The molecule has 0 bridgehead atoms. The number of benzene rings is 1. The Morgan fingerprint density at radius 3 is 2.62 bits per heavy atom. The lowest BCUT2D eigenvalue weighted by molar-refractivity contribution is 0.0780. The second-order valence-corrected chi connectivity index (χ2v) is 5.85. The highest BCUT2D eigenvalue weighted by atomic mass is 19.1. The minimum absolute atomic E-state index is 0.0363. The van der Waals surface area contributed by atoms with Crippen molar-refractivity contribution in [2.24, 2.45) is 7.05 Å². The lowest BCUT2D eigenvalue weighted by Crippen LogP contribution is -2.40. The first kappa shape index (κ1) is 16.0. The standard InChI is InChI=1S/C17H19FN4O2/c1-21-9-2-3-15(21)16(23)22-10-8-14(11-22)20-17(24)19-13-6-4-12(18)5-7-13/h2-7,9,14H,8,10-11H2,1H3,(H2,19,20,24)/t14-/m1/s1. The Hall–Kier alpha value is -2.83. The Labute approximate surface area is 139 Å². The van der Waals surface area contributed by atoms with Crippen molar-refractivity contribution in [2.45, 2.75) is 12.5 Å². The highest BCUT2D eigenvalue weighted by Crippen LogP contribution is 2.14. The van der Waals surface area contributed by atoms with E-state index in [0.717, 1.165) is 0 Å². The molecule has 0 saturated carbocycles. The van der Waals surface area contributed by atoms with Gasteiger partial charge in [0.2, 0.25) is 0 Å². The topological polar surface area (TPSA) is 66.4 Å². The van der Waals surface area contributed by atoms with Crippen molar-refractivity contribution in [1.82, 2.24) is 14.8 Å². The first-order chi connectivity index (χ1) is 11.5. The van der Waals surface area contributed by atoms with Gasteiger partial charge < -0.3 is 20.1 Å². The van der Waals surface area contributed by atoms with Gasteiger partial charge in [0.1, 0.15) is 11.5 Å². The second-order valence-electron chi connectivity index (χ2n) is 5.85.